The van der Waals surface area contributed by atoms with E-state index in [1.807, 2.05) is 59.2 Å². The van der Waals surface area contributed by atoms with Crippen molar-refractivity contribution >= 4 is 17.5 Å². The minimum atomic E-state index is -0.628. The first-order chi connectivity index (χ1) is 16.5. The molecule has 1 saturated heterocycles. The number of ether oxygens (including phenoxy) is 3. The summed E-state index contributed by atoms with van der Waals surface area (Å²) in [6.07, 6.45) is 2.57. The Morgan fingerprint density at radius 3 is 2.59 bits per heavy atom. The Morgan fingerprint density at radius 2 is 1.85 bits per heavy atom. The molecule has 8 heteroatoms. The van der Waals surface area contributed by atoms with E-state index in [4.69, 9.17) is 14.2 Å². The zero-order chi connectivity index (χ0) is 24.1. The molecule has 0 spiro atoms. The van der Waals surface area contributed by atoms with E-state index in [9.17, 15) is 9.59 Å². The quantitative estimate of drug-likeness (QED) is 0.674. The van der Waals surface area contributed by atoms with E-state index in [2.05, 4.69) is 5.32 Å². The van der Waals surface area contributed by atoms with Crippen molar-refractivity contribution in [2.45, 2.75) is 38.3 Å². The highest BCUT2D eigenvalue weighted by molar-refractivity contribution is 5.86. The number of nitrogens with zero attached hydrogens (tertiary/aromatic N) is 2. The Bertz CT molecular complexity index is 1020. The van der Waals surface area contributed by atoms with Gasteiger partial charge in [-0.05, 0) is 56.5 Å². The van der Waals surface area contributed by atoms with Gasteiger partial charge in [0.2, 0.25) is 5.91 Å². The van der Waals surface area contributed by atoms with E-state index in [1.54, 1.807) is 14.2 Å². The van der Waals surface area contributed by atoms with Crippen molar-refractivity contribution in [3.8, 4) is 17.2 Å². The second-order valence-corrected chi connectivity index (χ2v) is 8.74. The lowest BCUT2D eigenvalue weighted by Gasteiger charge is -2.38. The van der Waals surface area contributed by atoms with Crippen LogP contribution in [-0.4, -0.2) is 63.2 Å². The number of amides is 2. The van der Waals surface area contributed by atoms with Gasteiger partial charge in [0, 0.05) is 18.7 Å². The first-order valence-corrected chi connectivity index (χ1v) is 11.8. The van der Waals surface area contributed by atoms with Gasteiger partial charge in [0.15, 0.2) is 6.10 Å². The average Bonchev–Trinajstić information content (AvgIpc) is 2.88. The number of hydrogen-bond acceptors (Lipinski definition) is 6. The number of hydrogen-bond donors (Lipinski definition) is 1. The maximum Gasteiger partial charge on any atom is 0.265 e. The summed E-state index contributed by atoms with van der Waals surface area (Å²) in [5.74, 6) is 1.84. The molecular weight excluding hydrogens is 434 g/mol. The molecule has 1 fully saturated rings. The summed E-state index contributed by atoms with van der Waals surface area (Å²) in [7, 11) is 3.20. The number of rotatable bonds is 7. The third-order valence-corrected chi connectivity index (χ3v) is 6.42. The van der Waals surface area contributed by atoms with E-state index in [-0.39, 0.29) is 24.4 Å². The van der Waals surface area contributed by atoms with Gasteiger partial charge in [0.1, 0.15) is 17.2 Å². The number of piperidine rings is 1. The van der Waals surface area contributed by atoms with Gasteiger partial charge in [-0.3, -0.25) is 9.59 Å². The third-order valence-electron chi connectivity index (χ3n) is 6.42. The largest absolute Gasteiger partial charge is 0.497 e. The first-order valence-electron chi connectivity index (χ1n) is 11.8. The molecule has 0 radical (unpaired) electrons. The fourth-order valence-corrected chi connectivity index (χ4v) is 4.62. The van der Waals surface area contributed by atoms with Crippen LogP contribution >= 0.6 is 0 Å². The van der Waals surface area contributed by atoms with Crippen LogP contribution in [0.25, 0.3) is 0 Å². The topological polar surface area (TPSA) is 80.3 Å². The van der Waals surface area contributed by atoms with Gasteiger partial charge < -0.3 is 29.3 Å². The van der Waals surface area contributed by atoms with Crippen molar-refractivity contribution in [3.63, 3.8) is 0 Å². The van der Waals surface area contributed by atoms with Gasteiger partial charge in [-0.2, -0.15) is 0 Å². The summed E-state index contributed by atoms with van der Waals surface area (Å²) in [4.78, 5) is 30.0. The smallest absolute Gasteiger partial charge is 0.265 e. The molecule has 0 aliphatic carbocycles. The van der Waals surface area contributed by atoms with Gasteiger partial charge in [0.05, 0.1) is 39.0 Å². The number of likely N-dealkylation sites (tertiary alicyclic amines) is 1. The molecule has 4 rings (SSSR count). The van der Waals surface area contributed by atoms with Gasteiger partial charge in [-0.15, -0.1) is 0 Å². The summed E-state index contributed by atoms with van der Waals surface area (Å²) >= 11 is 0. The van der Waals surface area contributed by atoms with E-state index >= 15 is 0 Å². The molecule has 1 N–H and O–H groups in total. The summed E-state index contributed by atoms with van der Waals surface area (Å²) in [5.41, 5.74) is 1.64. The zero-order valence-electron chi connectivity index (χ0n) is 20.1. The van der Waals surface area contributed by atoms with E-state index in [0.717, 1.165) is 43.6 Å². The van der Waals surface area contributed by atoms with Crippen LogP contribution in [0, 0.1) is 0 Å². The van der Waals surface area contributed by atoms with Gasteiger partial charge >= 0.3 is 0 Å². The first kappa shape index (κ1) is 23.7. The van der Waals surface area contributed by atoms with Crippen molar-refractivity contribution in [2.75, 3.05) is 45.3 Å². The third kappa shape index (κ3) is 5.21. The van der Waals surface area contributed by atoms with Crippen LogP contribution in [0.15, 0.2) is 42.5 Å². The molecule has 0 bridgehead atoms. The Morgan fingerprint density at radius 1 is 1.09 bits per heavy atom. The molecule has 0 saturated carbocycles. The van der Waals surface area contributed by atoms with Crippen LogP contribution in [0.5, 0.6) is 17.2 Å². The summed E-state index contributed by atoms with van der Waals surface area (Å²) in [5, 5.41) is 3.06. The molecule has 2 aromatic carbocycles. The zero-order valence-corrected chi connectivity index (χ0v) is 20.1. The van der Waals surface area contributed by atoms with Crippen molar-refractivity contribution in [1.29, 1.82) is 0 Å². The lowest BCUT2D eigenvalue weighted by molar-refractivity contribution is -0.139. The van der Waals surface area contributed by atoms with Crippen molar-refractivity contribution in [1.82, 2.24) is 10.2 Å². The molecule has 2 aliphatic heterocycles. The number of para-hydroxylation sites is 2. The monoisotopic (exact) mass is 467 g/mol. The molecule has 182 valence electrons. The number of benzene rings is 2. The molecule has 2 aromatic rings. The Balaban J connectivity index is 1.47. The minimum Gasteiger partial charge on any atom is -0.497 e. The van der Waals surface area contributed by atoms with Gasteiger partial charge in [0.25, 0.3) is 5.91 Å². The SMILES string of the molecule is COc1ccc(OC)c(C(C)NC(=O)CN2CC(C(=O)N3CCCCC3)Oc3ccccc32)c1. The maximum absolute atomic E-state index is 13.1. The number of carbonyl (C=O) groups is 2. The molecule has 2 amide bonds. The molecule has 2 aliphatic rings. The number of methoxy groups -OCH3 is 2. The molecule has 8 nitrogen and oxygen atoms in total. The van der Waals surface area contributed by atoms with Gasteiger partial charge in [-0.25, -0.2) is 0 Å². The van der Waals surface area contributed by atoms with Crippen LogP contribution in [0.3, 0.4) is 0 Å². The highest BCUT2D eigenvalue weighted by Crippen LogP contribution is 2.34. The fourth-order valence-electron chi connectivity index (χ4n) is 4.62. The Kier molecular flexibility index (Phi) is 7.45. The lowest BCUT2D eigenvalue weighted by atomic mass is 10.1. The number of carbonyl (C=O) groups excluding carboxylic acids is 2. The summed E-state index contributed by atoms with van der Waals surface area (Å²) in [6.45, 7) is 3.88. The molecular formula is C26H33N3O5. The number of fused-ring (bicyclic) bond motifs is 1. The predicted octanol–water partition coefficient (Wildman–Crippen LogP) is 3.16. The summed E-state index contributed by atoms with van der Waals surface area (Å²) < 4.78 is 16.9. The molecule has 2 heterocycles. The molecule has 0 aromatic heterocycles. The normalized spacial score (nSPS) is 18.4. The highest BCUT2D eigenvalue weighted by atomic mass is 16.5. The van der Waals surface area contributed by atoms with Crippen molar-refractivity contribution in [2.24, 2.45) is 0 Å². The van der Waals surface area contributed by atoms with E-state index in [1.165, 1.54) is 0 Å². The number of nitrogens with one attached hydrogen (secondary N) is 1. The predicted molar refractivity (Wildman–Crippen MR) is 130 cm³/mol. The molecule has 2 atom stereocenters. The summed E-state index contributed by atoms with van der Waals surface area (Å²) in [6, 6.07) is 12.8. The van der Waals surface area contributed by atoms with Crippen LogP contribution in [0.4, 0.5) is 5.69 Å². The van der Waals surface area contributed by atoms with Crippen LogP contribution in [0.1, 0.15) is 37.8 Å². The lowest BCUT2D eigenvalue weighted by Crippen LogP contribution is -2.53. The fraction of sp³-hybridized carbons (Fsp3) is 0.462. The Hall–Kier alpha value is -3.42. The molecule has 34 heavy (non-hydrogen) atoms. The highest BCUT2D eigenvalue weighted by Gasteiger charge is 2.34. The average molecular weight is 468 g/mol. The van der Waals surface area contributed by atoms with Crippen LogP contribution in [-0.2, 0) is 9.59 Å². The maximum atomic E-state index is 13.1. The molecule has 2 unspecified atom stereocenters. The minimum absolute atomic E-state index is 0.00547. The Labute approximate surface area is 200 Å². The van der Waals surface area contributed by atoms with Gasteiger partial charge in [-0.1, -0.05) is 12.1 Å². The number of anilines is 1. The second kappa shape index (κ2) is 10.7. The van der Waals surface area contributed by atoms with E-state index in [0.29, 0.717) is 23.8 Å². The van der Waals surface area contributed by atoms with Crippen molar-refractivity contribution in [3.05, 3.63) is 48.0 Å². The second-order valence-electron chi connectivity index (χ2n) is 8.74. The van der Waals surface area contributed by atoms with E-state index < -0.39 is 6.10 Å². The standard InChI is InChI=1S/C26H33N3O5/c1-18(20-15-19(32-2)11-12-22(20)33-3)27-25(30)17-29-16-24(26(31)28-13-7-4-8-14-28)34-23-10-6-5-9-21(23)29/h5-6,9-12,15,18,24H,4,7-8,13-14,16-17H2,1-3H3,(H,27,30). The van der Waals surface area contributed by atoms with Crippen LogP contribution < -0.4 is 24.4 Å². The van der Waals surface area contributed by atoms with Crippen molar-refractivity contribution < 1.29 is 23.8 Å². The van der Waals surface area contributed by atoms with Crippen LogP contribution in [0.2, 0.25) is 0 Å².